The number of nitrogens with zero attached hydrogens (tertiary/aromatic N) is 1. The molecule has 1 aliphatic rings. The third kappa shape index (κ3) is 2.47. The molecule has 5 nitrogen and oxygen atoms in total. The van der Waals surface area contributed by atoms with Crippen molar-refractivity contribution >= 4 is 23.5 Å². The van der Waals surface area contributed by atoms with E-state index >= 15 is 0 Å². The monoisotopic (exact) mass is 269 g/mol. The normalized spacial score (nSPS) is 23.1. The Balaban J connectivity index is 2.25. The maximum Gasteiger partial charge on any atom is 0.326 e. The average Bonchev–Trinajstić information content (AvgIpc) is 2.70. The Morgan fingerprint density at radius 3 is 2.72 bits per heavy atom. The Morgan fingerprint density at radius 1 is 1.39 bits per heavy atom. The van der Waals surface area contributed by atoms with E-state index in [-0.39, 0.29) is 13.0 Å². The lowest BCUT2D eigenvalue weighted by atomic mass is 10.1. The van der Waals surface area contributed by atoms with E-state index in [1.165, 1.54) is 11.0 Å². The van der Waals surface area contributed by atoms with E-state index in [2.05, 4.69) is 0 Å². The summed E-state index contributed by atoms with van der Waals surface area (Å²) < 4.78 is 0. The summed E-state index contributed by atoms with van der Waals surface area (Å²) in [4.78, 5) is 24.3. The van der Waals surface area contributed by atoms with Crippen molar-refractivity contribution < 1.29 is 19.8 Å². The largest absolute Gasteiger partial charge is 0.480 e. The summed E-state index contributed by atoms with van der Waals surface area (Å²) in [5.74, 6) is -1.54. The zero-order valence-corrected chi connectivity index (χ0v) is 10.2. The minimum Gasteiger partial charge on any atom is -0.480 e. The number of likely N-dealkylation sites (tertiary alicyclic amines) is 1. The molecule has 1 aliphatic heterocycles. The third-order valence-corrected chi connectivity index (χ3v) is 3.13. The molecule has 2 N–H and O–H groups in total. The molecular formula is C12H12ClNO4. The van der Waals surface area contributed by atoms with Crippen LogP contribution in [0.3, 0.4) is 0 Å². The Hall–Kier alpha value is -1.59. The maximum atomic E-state index is 12.2. The number of carboxylic acid groups (broad SMARTS) is 1. The summed E-state index contributed by atoms with van der Waals surface area (Å²) in [6, 6.07) is 5.32. The average molecular weight is 270 g/mol. The molecule has 18 heavy (non-hydrogen) atoms. The van der Waals surface area contributed by atoms with E-state index in [9.17, 15) is 14.7 Å². The van der Waals surface area contributed by atoms with Gasteiger partial charge in [0.1, 0.15) is 6.04 Å². The summed E-state index contributed by atoms with van der Waals surface area (Å²) in [5.41, 5.74) is 0.322. The molecule has 2 rings (SSSR count). The van der Waals surface area contributed by atoms with Crippen LogP contribution < -0.4 is 0 Å². The van der Waals surface area contributed by atoms with Crippen molar-refractivity contribution in [2.75, 3.05) is 6.54 Å². The fourth-order valence-corrected chi connectivity index (χ4v) is 2.25. The van der Waals surface area contributed by atoms with E-state index < -0.39 is 24.0 Å². The number of β-amino-alcohol motifs (C(OH)–C–C–N with tert-alkyl or cyclic N) is 1. The molecule has 1 amide bonds. The summed E-state index contributed by atoms with van der Waals surface area (Å²) >= 11 is 5.79. The standard InChI is InChI=1S/C12H12ClNO4/c13-8-3-1-2-7(4-8)11(16)14-6-9(15)5-10(14)12(17)18/h1-4,9-10,15H,5-6H2,(H,17,18). The van der Waals surface area contributed by atoms with E-state index in [0.29, 0.717) is 10.6 Å². The van der Waals surface area contributed by atoms with Gasteiger partial charge in [-0.3, -0.25) is 4.79 Å². The lowest BCUT2D eigenvalue weighted by Gasteiger charge is -2.21. The first kappa shape index (κ1) is 12.9. The number of aliphatic hydroxyl groups is 1. The number of hydrogen-bond donors (Lipinski definition) is 2. The molecule has 1 saturated heterocycles. The first-order chi connectivity index (χ1) is 8.49. The highest BCUT2D eigenvalue weighted by molar-refractivity contribution is 6.31. The maximum absolute atomic E-state index is 12.2. The van der Waals surface area contributed by atoms with Gasteiger partial charge < -0.3 is 15.1 Å². The molecule has 1 heterocycles. The number of carbonyl (C=O) groups is 2. The second-order valence-electron chi connectivity index (χ2n) is 4.21. The predicted octanol–water partition coefficient (Wildman–Crippen LogP) is 1.000. The Kier molecular flexibility index (Phi) is 3.54. The highest BCUT2D eigenvalue weighted by Gasteiger charge is 2.39. The van der Waals surface area contributed by atoms with Gasteiger partial charge in [0.25, 0.3) is 5.91 Å². The summed E-state index contributed by atoms with van der Waals surface area (Å²) in [6.45, 7) is 0.0301. The molecule has 0 aromatic heterocycles. The predicted molar refractivity (Wildman–Crippen MR) is 64.5 cm³/mol. The third-order valence-electron chi connectivity index (χ3n) is 2.90. The Labute approximate surface area is 109 Å². The molecule has 6 heteroatoms. The quantitative estimate of drug-likeness (QED) is 0.840. The zero-order valence-electron chi connectivity index (χ0n) is 9.41. The van der Waals surface area contributed by atoms with Crippen molar-refractivity contribution in [1.29, 1.82) is 0 Å². The van der Waals surface area contributed by atoms with E-state index in [1.54, 1.807) is 18.2 Å². The second-order valence-corrected chi connectivity index (χ2v) is 4.65. The number of aliphatic hydroxyl groups excluding tert-OH is 1. The fourth-order valence-electron chi connectivity index (χ4n) is 2.06. The van der Waals surface area contributed by atoms with Crippen molar-refractivity contribution in [2.24, 2.45) is 0 Å². The molecule has 0 radical (unpaired) electrons. The number of carbonyl (C=O) groups excluding carboxylic acids is 1. The Morgan fingerprint density at radius 2 is 2.11 bits per heavy atom. The van der Waals surface area contributed by atoms with Gasteiger partial charge in [-0.05, 0) is 18.2 Å². The second kappa shape index (κ2) is 4.96. The van der Waals surface area contributed by atoms with Crippen LogP contribution >= 0.6 is 11.6 Å². The fraction of sp³-hybridized carbons (Fsp3) is 0.333. The number of amides is 1. The van der Waals surface area contributed by atoms with Crippen molar-refractivity contribution in [3.63, 3.8) is 0 Å². The van der Waals surface area contributed by atoms with Crippen LogP contribution in [0.15, 0.2) is 24.3 Å². The van der Waals surface area contributed by atoms with Gasteiger partial charge in [-0.1, -0.05) is 17.7 Å². The molecule has 0 aliphatic carbocycles. The molecular weight excluding hydrogens is 258 g/mol. The molecule has 2 unspecified atom stereocenters. The number of hydrogen-bond acceptors (Lipinski definition) is 3. The van der Waals surface area contributed by atoms with Crippen LogP contribution in [0.4, 0.5) is 0 Å². The smallest absolute Gasteiger partial charge is 0.326 e. The van der Waals surface area contributed by atoms with Crippen molar-refractivity contribution in [3.8, 4) is 0 Å². The van der Waals surface area contributed by atoms with Gasteiger partial charge in [-0.2, -0.15) is 0 Å². The van der Waals surface area contributed by atoms with Gasteiger partial charge in [0.2, 0.25) is 0 Å². The highest BCUT2D eigenvalue weighted by atomic mass is 35.5. The zero-order chi connectivity index (χ0) is 13.3. The van der Waals surface area contributed by atoms with E-state index in [1.807, 2.05) is 0 Å². The first-order valence-electron chi connectivity index (χ1n) is 5.46. The van der Waals surface area contributed by atoms with Crippen LogP contribution in [0.2, 0.25) is 5.02 Å². The summed E-state index contributed by atoms with van der Waals surface area (Å²) in [6.07, 6.45) is -0.740. The molecule has 1 aromatic rings. The van der Waals surface area contributed by atoms with E-state index in [4.69, 9.17) is 16.7 Å². The molecule has 0 spiro atoms. The van der Waals surface area contributed by atoms with E-state index in [0.717, 1.165) is 0 Å². The van der Waals surface area contributed by atoms with Crippen molar-refractivity contribution in [2.45, 2.75) is 18.6 Å². The minimum atomic E-state index is -1.11. The van der Waals surface area contributed by atoms with Gasteiger partial charge in [0, 0.05) is 23.6 Å². The number of aliphatic carboxylic acids is 1. The summed E-state index contributed by atoms with van der Waals surface area (Å²) in [7, 11) is 0. The minimum absolute atomic E-state index is 0.0301. The number of carboxylic acids is 1. The van der Waals surface area contributed by atoms with Crippen LogP contribution in [0.5, 0.6) is 0 Å². The molecule has 0 saturated carbocycles. The Bertz CT molecular complexity index is 491. The highest BCUT2D eigenvalue weighted by Crippen LogP contribution is 2.22. The molecule has 0 bridgehead atoms. The van der Waals surface area contributed by atoms with Crippen molar-refractivity contribution in [3.05, 3.63) is 34.9 Å². The first-order valence-corrected chi connectivity index (χ1v) is 5.84. The van der Waals surface area contributed by atoms with Crippen LogP contribution in [-0.4, -0.2) is 45.7 Å². The SMILES string of the molecule is O=C(O)C1CC(O)CN1C(=O)c1cccc(Cl)c1. The summed E-state index contributed by atoms with van der Waals surface area (Å²) in [5, 5.41) is 18.9. The van der Waals surface area contributed by atoms with Crippen LogP contribution in [0.25, 0.3) is 0 Å². The number of rotatable bonds is 2. The topological polar surface area (TPSA) is 77.8 Å². The molecule has 1 aromatic carbocycles. The van der Waals surface area contributed by atoms with Crippen LogP contribution in [0.1, 0.15) is 16.8 Å². The van der Waals surface area contributed by atoms with Gasteiger partial charge in [-0.15, -0.1) is 0 Å². The molecule has 2 atom stereocenters. The van der Waals surface area contributed by atoms with Gasteiger partial charge in [0.05, 0.1) is 6.10 Å². The van der Waals surface area contributed by atoms with Gasteiger partial charge >= 0.3 is 5.97 Å². The number of halogens is 1. The molecule has 96 valence electrons. The lowest BCUT2D eigenvalue weighted by molar-refractivity contribution is -0.141. The lowest BCUT2D eigenvalue weighted by Crippen LogP contribution is -2.40. The van der Waals surface area contributed by atoms with Gasteiger partial charge in [-0.25, -0.2) is 4.79 Å². The van der Waals surface area contributed by atoms with Crippen LogP contribution in [0, 0.1) is 0 Å². The number of benzene rings is 1. The van der Waals surface area contributed by atoms with Crippen molar-refractivity contribution in [1.82, 2.24) is 4.90 Å². The molecule has 1 fully saturated rings. The van der Waals surface area contributed by atoms with Gasteiger partial charge in [0.15, 0.2) is 0 Å². The van der Waals surface area contributed by atoms with Crippen LogP contribution in [-0.2, 0) is 4.79 Å².